The van der Waals surface area contributed by atoms with Crippen molar-refractivity contribution in [1.29, 1.82) is 0 Å². The smallest absolute Gasteiger partial charge is 0.419 e. The van der Waals surface area contributed by atoms with Crippen LogP contribution in [0, 0.1) is 13.8 Å². The zero-order chi connectivity index (χ0) is 18.6. The average molecular weight is 352 g/mol. The number of ether oxygens (including phenoxy) is 2. The standard InChI is InChI=1S/C19H19F3O3/c1-4-18(23)25-16-8-6-5-7-14(16)11-24-17-10-13(3)12(2)9-15(17)19(20,21)22/h5-10H,4,11H2,1-3H3. The van der Waals surface area contributed by atoms with Gasteiger partial charge < -0.3 is 9.47 Å². The number of alkyl halides is 3. The van der Waals surface area contributed by atoms with Crippen molar-refractivity contribution in [2.75, 3.05) is 0 Å². The number of aryl methyl sites for hydroxylation is 2. The summed E-state index contributed by atoms with van der Waals surface area (Å²) in [6.07, 6.45) is -4.31. The third-order valence-corrected chi connectivity index (χ3v) is 3.77. The zero-order valence-corrected chi connectivity index (χ0v) is 14.2. The Balaban J connectivity index is 2.28. The molecule has 0 saturated carbocycles. The molecule has 2 aromatic rings. The lowest BCUT2D eigenvalue weighted by Crippen LogP contribution is -2.11. The van der Waals surface area contributed by atoms with Gasteiger partial charge in [0, 0.05) is 12.0 Å². The highest BCUT2D eigenvalue weighted by molar-refractivity contribution is 5.72. The molecule has 0 bridgehead atoms. The molecule has 0 amide bonds. The minimum atomic E-state index is -4.51. The highest BCUT2D eigenvalue weighted by Crippen LogP contribution is 2.38. The van der Waals surface area contributed by atoms with Gasteiger partial charge in [0.15, 0.2) is 0 Å². The van der Waals surface area contributed by atoms with Crippen LogP contribution >= 0.6 is 0 Å². The molecule has 3 nitrogen and oxygen atoms in total. The number of halogens is 3. The van der Waals surface area contributed by atoms with E-state index in [0.29, 0.717) is 16.7 Å². The Labute approximate surface area is 144 Å². The highest BCUT2D eigenvalue weighted by atomic mass is 19.4. The monoisotopic (exact) mass is 352 g/mol. The maximum Gasteiger partial charge on any atom is 0.419 e. The van der Waals surface area contributed by atoms with Gasteiger partial charge >= 0.3 is 12.1 Å². The second kappa shape index (κ2) is 7.59. The Hall–Kier alpha value is -2.50. The quantitative estimate of drug-likeness (QED) is 0.547. The molecule has 0 heterocycles. The summed E-state index contributed by atoms with van der Waals surface area (Å²) in [6.45, 7) is 4.86. The molecule has 0 fully saturated rings. The minimum Gasteiger partial charge on any atom is -0.488 e. The molecule has 0 aromatic heterocycles. The van der Waals surface area contributed by atoms with Gasteiger partial charge in [-0.3, -0.25) is 4.79 Å². The second-order valence-corrected chi connectivity index (χ2v) is 5.65. The molecule has 0 radical (unpaired) electrons. The van der Waals surface area contributed by atoms with Gasteiger partial charge in [0.1, 0.15) is 18.1 Å². The van der Waals surface area contributed by atoms with Crippen LogP contribution in [0.5, 0.6) is 11.5 Å². The van der Waals surface area contributed by atoms with E-state index in [0.717, 1.165) is 6.07 Å². The van der Waals surface area contributed by atoms with Gasteiger partial charge in [-0.05, 0) is 43.2 Å². The van der Waals surface area contributed by atoms with E-state index in [1.54, 1.807) is 45.0 Å². The van der Waals surface area contributed by atoms with Gasteiger partial charge in [-0.2, -0.15) is 13.2 Å². The Morgan fingerprint density at radius 3 is 2.32 bits per heavy atom. The summed E-state index contributed by atoms with van der Waals surface area (Å²) in [6, 6.07) is 9.06. The number of hydrogen-bond donors (Lipinski definition) is 0. The largest absolute Gasteiger partial charge is 0.488 e. The lowest BCUT2D eigenvalue weighted by molar-refractivity contribution is -0.139. The summed E-state index contributed by atoms with van der Waals surface area (Å²) in [5, 5.41) is 0. The molecule has 0 atom stereocenters. The molecule has 2 aromatic carbocycles. The Morgan fingerprint density at radius 2 is 1.68 bits per heavy atom. The van der Waals surface area contributed by atoms with Gasteiger partial charge in [-0.1, -0.05) is 25.1 Å². The van der Waals surface area contributed by atoms with E-state index in [4.69, 9.17) is 9.47 Å². The van der Waals surface area contributed by atoms with Crippen LogP contribution in [0.4, 0.5) is 13.2 Å². The van der Waals surface area contributed by atoms with Gasteiger partial charge in [0.05, 0.1) is 5.56 Å². The topological polar surface area (TPSA) is 35.5 Å². The van der Waals surface area contributed by atoms with Crippen molar-refractivity contribution in [2.45, 2.75) is 40.0 Å². The van der Waals surface area contributed by atoms with Crippen LogP contribution in [0.3, 0.4) is 0 Å². The highest BCUT2D eigenvalue weighted by Gasteiger charge is 2.35. The molecule has 134 valence electrons. The van der Waals surface area contributed by atoms with E-state index in [-0.39, 0.29) is 24.5 Å². The van der Waals surface area contributed by atoms with Crippen LogP contribution in [0.1, 0.15) is 35.6 Å². The predicted molar refractivity (Wildman–Crippen MR) is 87.6 cm³/mol. The first-order valence-corrected chi connectivity index (χ1v) is 7.82. The molecule has 0 spiro atoms. The van der Waals surface area contributed by atoms with Crippen molar-refractivity contribution in [3.63, 3.8) is 0 Å². The lowest BCUT2D eigenvalue weighted by Gasteiger charge is -2.17. The average Bonchev–Trinajstić information content (AvgIpc) is 2.55. The van der Waals surface area contributed by atoms with Gasteiger partial charge in [-0.25, -0.2) is 0 Å². The van der Waals surface area contributed by atoms with E-state index in [1.807, 2.05) is 0 Å². The maximum atomic E-state index is 13.2. The van der Waals surface area contributed by atoms with Crippen molar-refractivity contribution in [2.24, 2.45) is 0 Å². The normalized spacial score (nSPS) is 11.3. The fraction of sp³-hybridized carbons (Fsp3) is 0.316. The number of benzene rings is 2. The summed E-state index contributed by atoms with van der Waals surface area (Å²) in [5.74, 6) is -0.381. The molecule has 0 saturated heterocycles. The number of hydrogen-bond acceptors (Lipinski definition) is 3. The fourth-order valence-electron chi connectivity index (χ4n) is 2.20. The summed E-state index contributed by atoms with van der Waals surface area (Å²) in [5.41, 5.74) is 0.917. The summed E-state index contributed by atoms with van der Waals surface area (Å²) < 4.78 is 50.3. The first kappa shape index (κ1) is 18.8. The van der Waals surface area contributed by atoms with Crippen LogP contribution in [0.15, 0.2) is 36.4 Å². The third kappa shape index (κ3) is 4.75. The number of carbonyl (C=O) groups is 1. The van der Waals surface area contributed by atoms with E-state index in [9.17, 15) is 18.0 Å². The molecule has 6 heteroatoms. The van der Waals surface area contributed by atoms with Crippen molar-refractivity contribution in [1.82, 2.24) is 0 Å². The summed E-state index contributed by atoms with van der Waals surface area (Å²) >= 11 is 0. The molecule has 0 aliphatic carbocycles. The van der Waals surface area contributed by atoms with Crippen LogP contribution in [0.2, 0.25) is 0 Å². The zero-order valence-electron chi connectivity index (χ0n) is 14.2. The molecule has 0 unspecified atom stereocenters. The molecule has 0 N–H and O–H groups in total. The van der Waals surface area contributed by atoms with E-state index in [1.165, 1.54) is 6.07 Å². The Morgan fingerprint density at radius 1 is 1.04 bits per heavy atom. The summed E-state index contributed by atoms with van der Waals surface area (Å²) in [4.78, 5) is 11.5. The van der Waals surface area contributed by atoms with Crippen LogP contribution < -0.4 is 9.47 Å². The second-order valence-electron chi connectivity index (χ2n) is 5.65. The minimum absolute atomic E-state index is 0.140. The van der Waals surface area contributed by atoms with Crippen molar-refractivity contribution < 1.29 is 27.4 Å². The number of rotatable bonds is 5. The number of para-hydroxylation sites is 1. The Bertz CT molecular complexity index is 767. The van der Waals surface area contributed by atoms with Crippen molar-refractivity contribution >= 4 is 5.97 Å². The van der Waals surface area contributed by atoms with E-state index in [2.05, 4.69) is 0 Å². The van der Waals surface area contributed by atoms with E-state index >= 15 is 0 Å². The molecule has 0 aliphatic heterocycles. The molecular formula is C19H19F3O3. The molecule has 2 rings (SSSR count). The van der Waals surface area contributed by atoms with Gasteiger partial charge in [-0.15, -0.1) is 0 Å². The fourth-order valence-corrected chi connectivity index (χ4v) is 2.20. The van der Waals surface area contributed by atoms with E-state index < -0.39 is 17.7 Å². The SMILES string of the molecule is CCC(=O)Oc1ccccc1COc1cc(C)c(C)cc1C(F)(F)F. The van der Waals surface area contributed by atoms with Crippen LogP contribution in [-0.4, -0.2) is 5.97 Å². The van der Waals surface area contributed by atoms with Crippen molar-refractivity contribution in [3.8, 4) is 11.5 Å². The summed E-state index contributed by atoms with van der Waals surface area (Å²) in [7, 11) is 0. The van der Waals surface area contributed by atoms with Crippen molar-refractivity contribution in [3.05, 3.63) is 58.7 Å². The first-order chi connectivity index (χ1) is 11.7. The first-order valence-electron chi connectivity index (χ1n) is 7.82. The lowest BCUT2D eigenvalue weighted by atomic mass is 10.0. The van der Waals surface area contributed by atoms with Crippen LogP contribution in [0.25, 0.3) is 0 Å². The molecule has 0 aliphatic rings. The molecular weight excluding hydrogens is 333 g/mol. The number of carbonyl (C=O) groups excluding carboxylic acids is 1. The predicted octanol–water partition coefficient (Wildman–Crippen LogP) is 5.22. The number of esters is 1. The third-order valence-electron chi connectivity index (χ3n) is 3.77. The maximum absolute atomic E-state index is 13.2. The Kier molecular flexibility index (Phi) is 5.72. The van der Waals surface area contributed by atoms with Crippen LogP contribution in [-0.2, 0) is 17.6 Å². The molecule has 25 heavy (non-hydrogen) atoms. The van der Waals surface area contributed by atoms with Gasteiger partial charge in [0.2, 0.25) is 0 Å². The van der Waals surface area contributed by atoms with Gasteiger partial charge in [0.25, 0.3) is 0 Å².